The summed E-state index contributed by atoms with van der Waals surface area (Å²) >= 11 is 0. The zero-order valence-corrected chi connectivity index (χ0v) is 15.9. The van der Waals surface area contributed by atoms with E-state index in [2.05, 4.69) is 0 Å². The lowest BCUT2D eigenvalue weighted by atomic mass is 9.99. The van der Waals surface area contributed by atoms with E-state index in [0.29, 0.717) is 45.4 Å². The number of rotatable bonds is 6. The summed E-state index contributed by atoms with van der Waals surface area (Å²) in [5.74, 6) is 1.92. The Hall–Kier alpha value is -3.61. The van der Waals surface area contributed by atoms with Crippen molar-refractivity contribution in [1.29, 1.82) is 0 Å². The Kier molecular flexibility index (Phi) is 5.44. The summed E-state index contributed by atoms with van der Waals surface area (Å²) in [4.78, 5) is 11.9. The number of phenolic OH excluding ortho intramolecular Hbond substituents is 1. The Morgan fingerprint density at radius 2 is 1.39 bits per heavy atom. The van der Waals surface area contributed by atoms with Gasteiger partial charge in [0.05, 0.1) is 28.4 Å². The van der Waals surface area contributed by atoms with Crippen LogP contribution in [-0.2, 0) is 0 Å². The van der Waals surface area contributed by atoms with Gasteiger partial charge in [-0.25, -0.2) is 4.79 Å². The SMILES string of the molecule is COc1ccc(-c2oc(=O)ccc2-c2cc(OC)c(OC)c(OC)c2)cc1O. The van der Waals surface area contributed by atoms with Crippen LogP contribution in [0.2, 0.25) is 0 Å². The van der Waals surface area contributed by atoms with E-state index >= 15 is 0 Å². The Bertz CT molecular complexity index is 1030. The zero-order chi connectivity index (χ0) is 20.3. The van der Waals surface area contributed by atoms with Gasteiger partial charge in [-0.3, -0.25) is 0 Å². The molecule has 1 heterocycles. The van der Waals surface area contributed by atoms with E-state index in [0.717, 1.165) is 0 Å². The van der Waals surface area contributed by atoms with E-state index in [-0.39, 0.29) is 5.75 Å². The molecule has 7 heteroatoms. The van der Waals surface area contributed by atoms with Crippen molar-refractivity contribution in [2.24, 2.45) is 0 Å². The van der Waals surface area contributed by atoms with Crippen LogP contribution in [0.1, 0.15) is 0 Å². The normalized spacial score (nSPS) is 10.4. The molecule has 0 spiro atoms. The van der Waals surface area contributed by atoms with Gasteiger partial charge in [-0.1, -0.05) is 0 Å². The predicted octanol–water partition coefficient (Wildman–Crippen LogP) is 3.71. The van der Waals surface area contributed by atoms with E-state index < -0.39 is 5.63 Å². The van der Waals surface area contributed by atoms with E-state index in [1.165, 1.54) is 40.6 Å². The number of methoxy groups -OCH3 is 4. The van der Waals surface area contributed by atoms with Gasteiger partial charge in [-0.05, 0) is 42.0 Å². The maximum Gasteiger partial charge on any atom is 0.336 e. The van der Waals surface area contributed by atoms with E-state index in [1.807, 2.05) is 0 Å². The molecular formula is C21H20O7. The van der Waals surface area contributed by atoms with Crippen LogP contribution in [0.5, 0.6) is 28.7 Å². The lowest BCUT2D eigenvalue weighted by molar-refractivity contribution is 0.324. The highest BCUT2D eigenvalue weighted by atomic mass is 16.5. The Morgan fingerprint density at radius 1 is 0.750 bits per heavy atom. The molecule has 1 N–H and O–H groups in total. The van der Waals surface area contributed by atoms with Gasteiger partial charge in [-0.2, -0.15) is 0 Å². The predicted molar refractivity (Wildman–Crippen MR) is 104 cm³/mol. The summed E-state index contributed by atoms with van der Waals surface area (Å²) < 4.78 is 26.7. The lowest BCUT2D eigenvalue weighted by Crippen LogP contribution is -2.00. The largest absolute Gasteiger partial charge is 0.504 e. The van der Waals surface area contributed by atoms with Crippen LogP contribution in [0.15, 0.2) is 51.7 Å². The number of phenols is 1. The molecule has 7 nitrogen and oxygen atoms in total. The summed E-state index contributed by atoms with van der Waals surface area (Å²) in [7, 11) is 6.02. The molecule has 0 radical (unpaired) electrons. The third-order valence-corrected chi connectivity index (χ3v) is 4.25. The molecule has 3 rings (SSSR count). The molecule has 0 unspecified atom stereocenters. The van der Waals surface area contributed by atoms with Gasteiger partial charge in [0.1, 0.15) is 5.76 Å². The van der Waals surface area contributed by atoms with Crippen LogP contribution in [-0.4, -0.2) is 33.5 Å². The third kappa shape index (κ3) is 3.46. The van der Waals surface area contributed by atoms with Crippen molar-refractivity contribution in [2.75, 3.05) is 28.4 Å². The number of hydrogen-bond donors (Lipinski definition) is 1. The molecule has 0 aliphatic heterocycles. The summed E-state index contributed by atoms with van der Waals surface area (Å²) in [6.07, 6.45) is 0. The maximum absolute atomic E-state index is 11.9. The molecule has 146 valence electrons. The zero-order valence-electron chi connectivity index (χ0n) is 15.9. The fourth-order valence-electron chi connectivity index (χ4n) is 2.93. The summed E-state index contributed by atoms with van der Waals surface area (Å²) in [5, 5.41) is 10.1. The molecule has 3 aromatic rings. The fraction of sp³-hybridized carbons (Fsp3) is 0.190. The van der Waals surface area contributed by atoms with Crippen LogP contribution in [0.25, 0.3) is 22.5 Å². The quantitative estimate of drug-likeness (QED) is 0.693. The van der Waals surface area contributed by atoms with E-state index in [9.17, 15) is 9.90 Å². The highest BCUT2D eigenvalue weighted by Crippen LogP contribution is 2.43. The number of ether oxygens (including phenoxy) is 4. The first-order valence-electron chi connectivity index (χ1n) is 8.34. The first-order valence-corrected chi connectivity index (χ1v) is 8.34. The molecule has 0 saturated carbocycles. The first kappa shape index (κ1) is 19.2. The average molecular weight is 384 g/mol. The monoisotopic (exact) mass is 384 g/mol. The van der Waals surface area contributed by atoms with Crippen molar-refractivity contribution in [3.63, 3.8) is 0 Å². The standard InChI is InChI=1S/C21H20O7/c1-24-16-7-5-12(9-15(16)22)20-14(6-8-19(23)28-20)13-10-17(25-2)21(27-4)18(11-13)26-3/h5-11,22H,1-4H3. The molecular weight excluding hydrogens is 364 g/mol. The minimum absolute atomic E-state index is 0.0673. The topological polar surface area (TPSA) is 87.4 Å². The Labute approximate surface area is 161 Å². The van der Waals surface area contributed by atoms with Gasteiger partial charge >= 0.3 is 5.63 Å². The van der Waals surface area contributed by atoms with Crippen LogP contribution in [0, 0.1) is 0 Å². The highest BCUT2D eigenvalue weighted by molar-refractivity contribution is 5.82. The molecule has 0 aliphatic rings. The van der Waals surface area contributed by atoms with Crippen LogP contribution in [0.4, 0.5) is 0 Å². The number of aromatic hydroxyl groups is 1. The van der Waals surface area contributed by atoms with Gasteiger partial charge in [0.25, 0.3) is 0 Å². The van der Waals surface area contributed by atoms with Gasteiger partial charge in [0.15, 0.2) is 23.0 Å². The van der Waals surface area contributed by atoms with Gasteiger partial charge in [-0.15, -0.1) is 0 Å². The molecule has 0 aliphatic carbocycles. The Morgan fingerprint density at radius 3 is 1.93 bits per heavy atom. The number of benzene rings is 2. The maximum atomic E-state index is 11.9. The molecule has 28 heavy (non-hydrogen) atoms. The van der Waals surface area contributed by atoms with Crippen molar-refractivity contribution in [2.45, 2.75) is 0 Å². The van der Waals surface area contributed by atoms with Crippen LogP contribution < -0.4 is 24.6 Å². The first-order chi connectivity index (χ1) is 13.5. The summed E-state index contributed by atoms with van der Waals surface area (Å²) in [6, 6.07) is 11.2. The van der Waals surface area contributed by atoms with Crippen molar-refractivity contribution < 1.29 is 28.5 Å². The number of hydrogen-bond acceptors (Lipinski definition) is 7. The van der Waals surface area contributed by atoms with Crippen molar-refractivity contribution in [1.82, 2.24) is 0 Å². The second-order valence-electron chi connectivity index (χ2n) is 5.80. The third-order valence-electron chi connectivity index (χ3n) is 4.25. The fourth-order valence-corrected chi connectivity index (χ4v) is 2.93. The van der Waals surface area contributed by atoms with Crippen molar-refractivity contribution in [3.8, 4) is 51.2 Å². The van der Waals surface area contributed by atoms with Gasteiger partial charge in [0.2, 0.25) is 5.75 Å². The van der Waals surface area contributed by atoms with Crippen molar-refractivity contribution in [3.05, 3.63) is 52.9 Å². The minimum atomic E-state index is -0.513. The van der Waals surface area contributed by atoms with Crippen LogP contribution in [0.3, 0.4) is 0 Å². The smallest absolute Gasteiger partial charge is 0.336 e. The average Bonchev–Trinajstić information content (AvgIpc) is 2.72. The van der Waals surface area contributed by atoms with Crippen molar-refractivity contribution >= 4 is 0 Å². The second-order valence-corrected chi connectivity index (χ2v) is 5.80. The molecule has 0 amide bonds. The highest BCUT2D eigenvalue weighted by Gasteiger charge is 2.18. The molecule has 1 aromatic heterocycles. The Balaban J connectivity index is 2.24. The lowest BCUT2D eigenvalue weighted by Gasteiger charge is -2.15. The second kappa shape index (κ2) is 7.96. The summed E-state index contributed by atoms with van der Waals surface area (Å²) in [6.45, 7) is 0. The van der Waals surface area contributed by atoms with E-state index in [1.54, 1.807) is 30.3 Å². The van der Waals surface area contributed by atoms with Gasteiger partial charge < -0.3 is 28.5 Å². The molecule has 0 saturated heterocycles. The summed E-state index contributed by atoms with van der Waals surface area (Å²) in [5.41, 5.74) is 1.30. The molecule has 2 aromatic carbocycles. The molecule has 0 atom stereocenters. The van der Waals surface area contributed by atoms with Gasteiger partial charge in [0, 0.05) is 17.2 Å². The van der Waals surface area contributed by atoms with Crippen LogP contribution >= 0.6 is 0 Å². The minimum Gasteiger partial charge on any atom is -0.504 e. The van der Waals surface area contributed by atoms with E-state index in [4.69, 9.17) is 23.4 Å². The molecule has 0 fully saturated rings. The molecule has 0 bridgehead atoms.